The predicted molar refractivity (Wildman–Crippen MR) is 105 cm³/mol. The number of hydrogen-bond donors (Lipinski definition) is 2. The van der Waals surface area contributed by atoms with Crippen LogP contribution >= 0.6 is 0 Å². The zero-order valence-electron chi connectivity index (χ0n) is 15.3. The first-order valence-corrected chi connectivity index (χ1v) is 9.44. The zero-order chi connectivity index (χ0) is 17.8. The smallest absolute Gasteiger partial charge is 0.161 e. The molecule has 2 bridgehead atoms. The van der Waals surface area contributed by atoms with Crippen molar-refractivity contribution in [3.63, 3.8) is 0 Å². The Morgan fingerprint density at radius 3 is 2.88 bits per heavy atom. The van der Waals surface area contributed by atoms with Gasteiger partial charge in [0.2, 0.25) is 0 Å². The molecular formula is C22H26N2O2. The fourth-order valence-corrected chi connectivity index (χ4v) is 3.71. The molecule has 0 atom stereocenters. The van der Waals surface area contributed by atoms with E-state index in [4.69, 9.17) is 9.47 Å². The lowest BCUT2D eigenvalue weighted by atomic mass is 10.0. The number of ether oxygens (including phenoxy) is 2. The lowest BCUT2D eigenvalue weighted by molar-refractivity contribution is 0.285. The molecule has 0 radical (unpaired) electrons. The molecule has 0 saturated carbocycles. The lowest BCUT2D eigenvalue weighted by Crippen LogP contribution is -2.19. The molecule has 0 unspecified atom stereocenters. The summed E-state index contributed by atoms with van der Waals surface area (Å²) in [7, 11) is 1.69. The Morgan fingerprint density at radius 1 is 1.04 bits per heavy atom. The number of para-hydroxylation sites is 1. The van der Waals surface area contributed by atoms with Crippen molar-refractivity contribution in [1.82, 2.24) is 10.3 Å². The predicted octanol–water partition coefficient (Wildman–Crippen LogP) is 4.07. The van der Waals surface area contributed by atoms with E-state index >= 15 is 0 Å². The second-order valence-electron chi connectivity index (χ2n) is 6.85. The van der Waals surface area contributed by atoms with Gasteiger partial charge in [-0.2, -0.15) is 0 Å². The average molecular weight is 350 g/mol. The Kier molecular flexibility index (Phi) is 5.12. The second-order valence-corrected chi connectivity index (χ2v) is 6.85. The average Bonchev–Trinajstić information content (AvgIpc) is 3.01. The van der Waals surface area contributed by atoms with Gasteiger partial charge in [-0.15, -0.1) is 0 Å². The van der Waals surface area contributed by atoms with Crippen LogP contribution in [0.3, 0.4) is 0 Å². The summed E-state index contributed by atoms with van der Waals surface area (Å²) in [6, 6.07) is 14.9. The third kappa shape index (κ3) is 3.56. The molecule has 2 aromatic carbocycles. The van der Waals surface area contributed by atoms with Crippen molar-refractivity contribution in [3.05, 3.63) is 59.3 Å². The van der Waals surface area contributed by atoms with Gasteiger partial charge >= 0.3 is 0 Å². The van der Waals surface area contributed by atoms with Crippen LogP contribution in [-0.4, -0.2) is 31.8 Å². The number of hydrogen-bond acceptors (Lipinski definition) is 3. The quantitative estimate of drug-likeness (QED) is 0.695. The minimum atomic E-state index is 0.721. The maximum Gasteiger partial charge on any atom is 0.161 e. The van der Waals surface area contributed by atoms with Gasteiger partial charge in [0.25, 0.3) is 0 Å². The van der Waals surface area contributed by atoms with Gasteiger partial charge in [0.05, 0.1) is 13.7 Å². The minimum Gasteiger partial charge on any atom is -0.493 e. The summed E-state index contributed by atoms with van der Waals surface area (Å²) in [5.74, 6) is 1.64. The molecule has 26 heavy (non-hydrogen) atoms. The highest BCUT2D eigenvalue weighted by Crippen LogP contribution is 2.31. The Bertz CT molecular complexity index is 885. The number of aromatic amines is 1. The largest absolute Gasteiger partial charge is 0.493 e. The zero-order valence-corrected chi connectivity index (χ0v) is 15.3. The van der Waals surface area contributed by atoms with E-state index in [0.29, 0.717) is 0 Å². The summed E-state index contributed by atoms with van der Waals surface area (Å²) >= 11 is 0. The van der Waals surface area contributed by atoms with E-state index in [9.17, 15) is 0 Å². The molecule has 4 nitrogen and oxygen atoms in total. The van der Waals surface area contributed by atoms with Gasteiger partial charge in [-0.3, -0.25) is 0 Å². The van der Waals surface area contributed by atoms with E-state index < -0.39 is 0 Å². The van der Waals surface area contributed by atoms with Crippen LogP contribution in [0, 0.1) is 0 Å². The minimum absolute atomic E-state index is 0.721. The van der Waals surface area contributed by atoms with Crippen molar-refractivity contribution in [2.45, 2.75) is 25.7 Å². The first-order valence-electron chi connectivity index (χ1n) is 9.44. The van der Waals surface area contributed by atoms with Gasteiger partial charge in [0, 0.05) is 23.0 Å². The van der Waals surface area contributed by atoms with Crippen LogP contribution in [0.1, 0.15) is 29.7 Å². The van der Waals surface area contributed by atoms with Crippen molar-refractivity contribution < 1.29 is 9.47 Å². The molecule has 0 fully saturated rings. The monoisotopic (exact) mass is 350 g/mol. The van der Waals surface area contributed by atoms with E-state index in [1.165, 1.54) is 27.7 Å². The van der Waals surface area contributed by atoms with Crippen LogP contribution in [-0.2, 0) is 12.8 Å². The molecule has 0 saturated heterocycles. The van der Waals surface area contributed by atoms with Gasteiger partial charge < -0.3 is 19.8 Å². The van der Waals surface area contributed by atoms with Crippen molar-refractivity contribution in [3.8, 4) is 11.5 Å². The van der Waals surface area contributed by atoms with E-state index in [-0.39, 0.29) is 0 Å². The number of rotatable bonds is 1. The molecule has 2 N–H and O–H groups in total. The topological polar surface area (TPSA) is 46.3 Å². The van der Waals surface area contributed by atoms with Crippen LogP contribution in [0.2, 0.25) is 0 Å². The maximum atomic E-state index is 6.00. The van der Waals surface area contributed by atoms with Crippen molar-refractivity contribution in [2.24, 2.45) is 0 Å². The third-order valence-electron chi connectivity index (χ3n) is 5.07. The first kappa shape index (κ1) is 17.0. The molecule has 4 heteroatoms. The van der Waals surface area contributed by atoms with Crippen LogP contribution < -0.4 is 14.8 Å². The van der Waals surface area contributed by atoms with E-state index in [0.717, 1.165) is 56.9 Å². The van der Waals surface area contributed by atoms with Crippen molar-refractivity contribution in [2.75, 3.05) is 26.8 Å². The van der Waals surface area contributed by atoms with Gasteiger partial charge in [0.15, 0.2) is 11.5 Å². The van der Waals surface area contributed by atoms with Crippen molar-refractivity contribution in [1.29, 1.82) is 0 Å². The number of methoxy groups -OCH3 is 1. The van der Waals surface area contributed by atoms with Crippen LogP contribution in [0.4, 0.5) is 0 Å². The molecule has 0 amide bonds. The molecular weight excluding hydrogens is 324 g/mol. The van der Waals surface area contributed by atoms with Gasteiger partial charge in [0.1, 0.15) is 0 Å². The summed E-state index contributed by atoms with van der Waals surface area (Å²) in [5, 5.41) is 4.90. The molecule has 1 aliphatic rings. The summed E-state index contributed by atoms with van der Waals surface area (Å²) in [5.41, 5.74) is 5.16. The molecule has 1 aromatic heterocycles. The normalized spacial score (nSPS) is 15.7. The molecule has 1 aliphatic heterocycles. The standard InChI is InChI=1S/C22H26N2O2/c1-25-21-9-8-16-14-20-18(17-6-2-3-7-19(17)24-20)10-12-23-11-4-5-13-26-22(21)15-16/h2-3,6-9,15,23-24H,4-5,10-14H2,1H3. The Labute approximate surface area is 154 Å². The molecule has 0 aliphatic carbocycles. The summed E-state index contributed by atoms with van der Waals surface area (Å²) in [6.07, 6.45) is 4.06. The second kappa shape index (κ2) is 7.83. The molecule has 3 aromatic rings. The maximum absolute atomic E-state index is 6.00. The van der Waals surface area contributed by atoms with E-state index in [1.807, 2.05) is 6.07 Å². The molecule has 0 spiro atoms. The number of H-pyrrole nitrogens is 1. The third-order valence-corrected chi connectivity index (χ3v) is 5.07. The SMILES string of the molecule is COc1ccc2cc1OCCCCNCCc1c([nH]c3ccccc13)C2. The highest BCUT2D eigenvalue weighted by atomic mass is 16.5. The summed E-state index contributed by atoms with van der Waals surface area (Å²) < 4.78 is 11.5. The fraction of sp³-hybridized carbons (Fsp3) is 0.364. The number of nitrogens with one attached hydrogen (secondary N) is 2. The Balaban J connectivity index is 1.73. The molecule has 2 heterocycles. The lowest BCUT2D eigenvalue weighted by Gasteiger charge is -2.14. The fourth-order valence-electron chi connectivity index (χ4n) is 3.71. The molecule has 4 rings (SSSR count). The first-order chi connectivity index (χ1) is 12.8. The highest BCUT2D eigenvalue weighted by Gasteiger charge is 2.13. The van der Waals surface area contributed by atoms with E-state index in [1.54, 1.807) is 7.11 Å². The van der Waals surface area contributed by atoms with Gasteiger partial charge in [-0.1, -0.05) is 24.3 Å². The van der Waals surface area contributed by atoms with E-state index in [2.05, 4.69) is 46.7 Å². The van der Waals surface area contributed by atoms with Crippen LogP contribution in [0.5, 0.6) is 11.5 Å². The summed E-state index contributed by atoms with van der Waals surface area (Å²) in [4.78, 5) is 3.63. The van der Waals surface area contributed by atoms with Gasteiger partial charge in [-0.25, -0.2) is 0 Å². The number of fused-ring (bicyclic) bond motifs is 5. The highest BCUT2D eigenvalue weighted by molar-refractivity contribution is 5.84. The Hall–Kier alpha value is -2.46. The van der Waals surface area contributed by atoms with Gasteiger partial charge in [-0.05, 0) is 61.7 Å². The van der Waals surface area contributed by atoms with Crippen LogP contribution in [0.25, 0.3) is 10.9 Å². The Morgan fingerprint density at radius 2 is 1.96 bits per heavy atom. The number of benzene rings is 2. The van der Waals surface area contributed by atoms with Crippen molar-refractivity contribution >= 4 is 10.9 Å². The summed E-state index contributed by atoms with van der Waals surface area (Å²) in [6.45, 7) is 2.75. The molecule has 136 valence electrons. The van der Waals surface area contributed by atoms with Crippen LogP contribution in [0.15, 0.2) is 42.5 Å². The number of aromatic nitrogens is 1.